The van der Waals surface area contributed by atoms with Crippen LogP contribution in [0.25, 0.3) is 0 Å². The number of hydrogen-bond donors (Lipinski definition) is 2. The fourth-order valence-corrected chi connectivity index (χ4v) is 1.74. The molecular formula is C15H16N2O2. The van der Waals surface area contributed by atoms with Crippen molar-refractivity contribution in [2.24, 2.45) is 0 Å². The summed E-state index contributed by atoms with van der Waals surface area (Å²) in [6.07, 6.45) is 0. The van der Waals surface area contributed by atoms with Crippen molar-refractivity contribution in [1.29, 1.82) is 0 Å². The Morgan fingerprint density at radius 1 is 1.16 bits per heavy atom. The first-order valence-corrected chi connectivity index (χ1v) is 5.91. The summed E-state index contributed by atoms with van der Waals surface area (Å²) in [6, 6.07) is 12.5. The van der Waals surface area contributed by atoms with E-state index in [4.69, 9.17) is 10.5 Å². The van der Waals surface area contributed by atoms with Gasteiger partial charge in [0.2, 0.25) is 0 Å². The zero-order valence-electron chi connectivity index (χ0n) is 10.9. The van der Waals surface area contributed by atoms with Crippen molar-refractivity contribution in [1.82, 2.24) is 0 Å². The second-order valence-electron chi connectivity index (χ2n) is 4.27. The number of carbonyl (C=O) groups excluding carboxylic acids is 1. The van der Waals surface area contributed by atoms with Crippen LogP contribution in [0.5, 0.6) is 5.75 Å². The van der Waals surface area contributed by atoms with Gasteiger partial charge in [-0.25, -0.2) is 0 Å². The van der Waals surface area contributed by atoms with Gasteiger partial charge in [0.15, 0.2) is 0 Å². The molecule has 0 radical (unpaired) electrons. The standard InChI is InChI=1S/C15H16N2O2/c1-10-3-8-14(16)13(9-10)15(18)17-11-4-6-12(19-2)7-5-11/h3-9H,16H2,1-2H3,(H,17,18). The van der Waals surface area contributed by atoms with Crippen LogP contribution in [0.3, 0.4) is 0 Å². The Kier molecular flexibility index (Phi) is 3.71. The van der Waals surface area contributed by atoms with E-state index in [0.29, 0.717) is 16.9 Å². The number of aryl methyl sites for hydroxylation is 1. The maximum atomic E-state index is 12.1. The molecule has 2 rings (SSSR count). The first-order chi connectivity index (χ1) is 9.10. The number of rotatable bonds is 3. The Bertz CT molecular complexity index is 592. The highest BCUT2D eigenvalue weighted by atomic mass is 16.5. The lowest BCUT2D eigenvalue weighted by molar-refractivity contribution is 0.102. The van der Waals surface area contributed by atoms with E-state index in [2.05, 4.69) is 5.32 Å². The minimum atomic E-state index is -0.216. The van der Waals surface area contributed by atoms with Crippen LogP contribution >= 0.6 is 0 Å². The Hall–Kier alpha value is -2.49. The number of methoxy groups -OCH3 is 1. The second-order valence-corrected chi connectivity index (χ2v) is 4.27. The molecule has 98 valence electrons. The van der Waals surface area contributed by atoms with E-state index in [1.54, 1.807) is 43.5 Å². The average molecular weight is 256 g/mol. The van der Waals surface area contributed by atoms with Crippen LogP contribution in [-0.4, -0.2) is 13.0 Å². The summed E-state index contributed by atoms with van der Waals surface area (Å²) in [5, 5.41) is 2.80. The summed E-state index contributed by atoms with van der Waals surface area (Å²) < 4.78 is 5.06. The smallest absolute Gasteiger partial charge is 0.257 e. The summed E-state index contributed by atoms with van der Waals surface area (Å²) in [5.41, 5.74) is 8.46. The summed E-state index contributed by atoms with van der Waals surface area (Å²) in [6.45, 7) is 1.92. The number of ether oxygens (including phenoxy) is 1. The topological polar surface area (TPSA) is 64.3 Å². The van der Waals surface area contributed by atoms with Crippen molar-refractivity contribution in [2.45, 2.75) is 6.92 Å². The molecule has 0 atom stereocenters. The van der Waals surface area contributed by atoms with Crippen LogP contribution in [-0.2, 0) is 0 Å². The molecule has 0 aliphatic carbocycles. The first-order valence-electron chi connectivity index (χ1n) is 5.91. The van der Waals surface area contributed by atoms with E-state index in [9.17, 15) is 4.79 Å². The predicted octanol–water partition coefficient (Wildman–Crippen LogP) is 2.84. The molecule has 0 spiro atoms. The fourth-order valence-electron chi connectivity index (χ4n) is 1.74. The average Bonchev–Trinajstić information content (AvgIpc) is 2.42. The fraction of sp³-hybridized carbons (Fsp3) is 0.133. The molecule has 0 unspecified atom stereocenters. The molecule has 0 aliphatic rings. The van der Waals surface area contributed by atoms with Crippen LogP contribution in [0.15, 0.2) is 42.5 Å². The highest BCUT2D eigenvalue weighted by molar-refractivity contribution is 6.07. The molecule has 0 saturated carbocycles. The van der Waals surface area contributed by atoms with Crippen molar-refractivity contribution in [3.8, 4) is 5.75 Å². The lowest BCUT2D eigenvalue weighted by atomic mass is 10.1. The molecule has 2 aromatic rings. The predicted molar refractivity (Wildman–Crippen MR) is 76.5 cm³/mol. The van der Waals surface area contributed by atoms with E-state index < -0.39 is 0 Å². The van der Waals surface area contributed by atoms with Crippen LogP contribution in [0.4, 0.5) is 11.4 Å². The lowest BCUT2D eigenvalue weighted by Crippen LogP contribution is -2.14. The van der Waals surface area contributed by atoms with Gasteiger partial charge in [0.1, 0.15) is 5.75 Å². The van der Waals surface area contributed by atoms with Gasteiger partial charge in [-0.2, -0.15) is 0 Å². The van der Waals surface area contributed by atoms with Crippen LogP contribution in [0.1, 0.15) is 15.9 Å². The number of nitrogens with two attached hydrogens (primary N) is 1. The van der Waals surface area contributed by atoms with Crippen LogP contribution in [0.2, 0.25) is 0 Å². The van der Waals surface area contributed by atoms with Gasteiger partial charge in [-0.05, 0) is 43.3 Å². The molecule has 4 heteroatoms. The number of hydrogen-bond acceptors (Lipinski definition) is 3. The van der Waals surface area contributed by atoms with Gasteiger partial charge in [-0.3, -0.25) is 4.79 Å². The Morgan fingerprint density at radius 3 is 2.47 bits per heavy atom. The Balaban J connectivity index is 2.18. The second kappa shape index (κ2) is 5.44. The molecule has 1 amide bonds. The summed E-state index contributed by atoms with van der Waals surface area (Å²) >= 11 is 0. The third-order valence-electron chi connectivity index (χ3n) is 2.80. The molecule has 0 bridgehead atoms. The molecule has 0 saturated heterocycles. The largest absolute Gasteiger partial charge is 0.497 e. The van der Waals surface area contributed by atoms with Gasteiger partial charge in [-0.15, -0.1) is 0 Å². The minimum Gasteiger partial charge on any atom is -0.497 e. The quantitative estimate of drug-likeness (QED) is 0.830. The maximum absolute atomic E-state index is 12.1. The monoisotopic (exact) mass is 256 g/mol. The number of nitrogens with one attached hydrogen (secondary N) is 1. The van der Waals surface area contributed by atoms with Gasteiger partial charge in [0, 0.05) is 11.4 Å². The van der Waals surface area contributed by atoms with Gasteiger partial charge < -0.3 is 15.8 Å². The molecule has 0 aliphatic heterocycles. The SMILES string of the molecule is COc1ccc(NC(=O)c2cc(C)ccc2N)cc1. The van der Waals surface area contributed by atoms with Crippen molar-refractivity contribution >= 4 is 17.3 Å². The van der Waals surface area contributed by atoms with Gasteiger partial charge >= 0.3 is 0 Å². The molecule has 0 aromatic heterocycles. The summed E-state index contributed by atoms with van der Waals surface area (Å²) in [4.78, 5) is 12.1. The van der Waals surface area contributed by atoms with Crippen LogP contribution in [0, 0.1) is 6.92 Å². The Labute approximate surface area is 112 Å². The Morgan fingerprint density at radius 2 is 1.84 bits per heavy atom. The van der Waals surface area contributed by atoms with Gasteiger partial charge in [0.05, 0.1) is 12.7 Å². The lowest BCUT2D eigenvalue weighted by Gasteiger charge is -2.09. The minimum absolute atomic E-state index is 0.216. The molecule has 2 aromatic carbocycles. The van der Waals surface area contributed by atoms with E-state index in [-0.39, 0.29) is 5.91 Å². The van der Waals surface area contributed by atoms with Crippen molar-refractivity contribution in [2.75, 3.05) is 18.2 Å². The molecule has 0 fully saturated rings. The zero-order chi connectivity index (χ0) is 13.8. The molecule has 3 N–H and O–H groups in total. The third-order valence-corrected chi connectivity index (χ3v) is 2.80. The summed E-state index contributed by atoms with van der Waals surface area (Å²) in [5.74, 6) is 0.527. The van der Waals surface area contributed by atoms with Crippen molar-refractivity contribution < 1.29 is 9.53 Å². The number of amides is 1. The van der Waals surface area contributed by atoms with E-state index >= 15 is 0 Å². The number of nitrogen functional groups attached to an aromatic ring is 1. The van der Waals surface area contributed by atoms with E-state index in [1.165, 1.54) is 0 Å². The molecule has 4 nitrogen and oxygen atoms in total. The highest BCUT2D eigenvalue weighted by Crippen LogP contribution is 2.18. The van der Waals surface area contributed by atoms with Crippen molar-refractivity contribution in [3.05, 3.63) is 53.6 Å². The van der Waals surface area contributed by atoms with Crippen molar-refractivity contribution in [3.63, 3.8) is 0 Å². The van der Waals surface area contributed by atoms with Gasteiger partial charge in [-0.1, -0.05) is 11.6 Å². The first kappa shape index (κ1) is 13.0. The summed E-state index contributed by atoms with van der Waals surface area (Å²) in [7, 11) is 1.60. The molecule has 19 heavy (non-hydrogen) atoms. The number of carbonyl (C=O) groups is 1. The molecule has 0 heterocycles. The number of benzene rings is 2. The number of anilines is 2. The maximum Gasteiger partial charge on any atom is 0.257 e. The zero-order valence-corrected chi connectivity index (χ0v) is 10.9. The normalized spacial score (nSPS) is 10.0. The van der Waals surface area contributed by atoms with Gasteiger partial charge in [0.25, 0.3) is 5.91 Å². The molecular weight excluding hydrogens is 240 g/mol. The third kappa shape index (κ3) is 3.04. The van der Waals surface area contributed by atoms with Crippen LogP contribution < -0.4 is 15.8 Å². The highest BCUT2D eigenvalue weighted by Gasteiger charge is 2.10. The van der Waals surface area contributed by atoms with E-state index in [0.717, 1.165) is 11.3 Å². The van der Waals surface area contributed by atoms with E-state index in [1.807, 2.05) is 13.0 Å².